The van der Waals surface area contributed by atoms with E-state index in [1.54, 1.807) is 4.90 Å². The van der Waals surface area contributed by atoms with Crippen molar-refractivity contribution in [1.29, 1.82) is 0 Å². The van der Waals surface area contributed by atoms with E-state index >= 15 is 0 Å². The van der Waals surface area contributed by atoms with Gasteiger partial charge in [-0.1, -0.05) is 49.4 Å². The molecule has 0 aromatic heterocycles. The van der Waals surface area contributed by atoms with E-state index in [9.17, 15) is 9.59 Å². The molecule has 2 aromatic rings. The third kappa shape index (κ3) is 4.97. The van der Waals surface area contributed by atoms with E-state index in [1.165, 1.54) is 11.1 Å². The van der Waals surface area contributed by atoms with Crippen molar-refractivity contribution in [2.24, 2.45) is 5.92 Å². The second-order valence-electron chi connectivity index (χ2n) is 7.36. The van der Waals surface area contributed by atoms with Crippen LogP contribution in [0.2, 0.25) is 0 Å². The highest BCUT2D eigenvalue weighted by molar-refractivity contribution is 6.00. The summed E-state index contributed by atoms with van der Waals surface area (Å²) in [6.07, 6.45) is 3.08. The van der Waals surface area contributed by atoms with E-state index in [0.29, 0.717) is 6.54 Å². The van der Waals surface area contributed by atoms with Crippen LogP contribution in [0.15, 0.2) is 54.6 Å². The molecule has 27 heavy (non-hydrogen) atoms. The largest absolute Gasteiger partial charge is 0.353 e. The highest BCUT2D eigenvalue weighted by Crippen LogP contribution is 2.25. The molecule has 0 radical (unpaired) electrons. The Labute approximate surface area is 161 Å². The summed E-state index contributed by atoms with van der Waals surface area (Å²) >= 11 is 0. The fourth-order valence-corrected chi connectivity index (χ4v) is 3.51. The molecule has 1 aliphatic heterocycles. The molecule has 3 rings (SSSR count). The van der Waals surface area contributed by atoms with Gasteiger partial charge in [-0.3, -0.25) is 9.59 Å². The Morgan fingerprint density at radius 2 is 1.81 bits per heavy atom. The van der Waals surface area contributed by atoms with Crippen molar-refractivity contribution >= 4 is 17.5 Å². The number of carbonyl (C=O) groups excluding carboxylic acids is 2. The highest BCUT2D eigenvalue weighted by Gasteiger charge is 2.35. The Morgan fingerprint density at radius 3 is 2.48 bits per heavy atom. The van der Waals surface area contributed by atoms with Crippen LogP contribution in [0.4, 0.5) is 5.69 Å². The van der Waals surface area contributed by atoms with Crippen LogP contribution in [0, 0.1) is 5.92 Å². The van der Waals surface area contributed by atoms with Crippen molar-refractivity contribution in [3.05, 3.63) is 65.7 Å². The van der Waals surface area contributed by atoms with E-state index in [1.807, 2.05) is 49.4 Å². The van der Waals surface area contributed by atoms with Crippen molar-refractivity contribution in [1.82, 2.24) is 5.32 Å². The van der Waals surface area contributed by atoms with Gasteiger partial charge in [0.15, 0.2) is 0 Å². The molecule has 4 heteroatoms. The fourth-order valence-electron chi connectivity index (χ4n) is 3.51. The Morgan fingerprint density at radius 1 is 1.11 bits per heavy atom. The number of carbonyl (C=O) groups is 2. The van der Waals surface area contributed by atoms with Gasteiger partial charge in [0.05, 0.1) is 5.92 Å². The monoisotopic (exact) mass is 364 g/mol. The van der Waals surface area contributed by atoms with Crippen LogP contribution in [0.5, 0.6) is 0 Å². The Hall–Kier alpha value is -2.62. The SMILES string of the molecule is CCc1ccc(N2C[C@@H](C(=O)N[C@@H](C)CCc3ccccc3)CC2=O)cc1. The maximum atomic E-state index is 12.6. The van der Waals surface area contributed by atoms with E-state index < -0.39 is 0 Å². The first-order valence-corrected chi connectivity index (χ1v) is 9.80. The number of rotatable bonds is 7. The quantitative estimate of drug-likeness (QED) is 0.814. The predicted molar refractivity (Wildman–Crippen MR) is 109 cm³/mol. The molecule has 2 atom stereocenters. The van der Waals surface area contributed by atoms with Gasteiger partial charge < -0.3 is 10.2 Å². The molecule has 2 amide bonds. The van der Waals surface area contributed by atoms with Gasteiger partial charge in [-0.2, -0.15) is 0 Å². The summed E-state index contributed by atoms with van der Waals surface area (Å²) in [5.41, 5.74) is 3.40. The fraction of sp³-hybridized carbons (Fsp3) is 0.391. The number of anilines is 1. The molecule has 2 aromatic carbocycles. The first-order valence-electron chi connectivity index (χ1n) is 9.80. The first kappa shape index (κ1) is 19.2. The molecule has 1 saturated heterocycles. The Bertz CT molecular complexity index is 771. The number of hydrogen-bond donors (Lipinski definition) is 1. The molecule has 0 spiro atoms. The molecule has 1 fully saturated rings. The number of amides is 2. The lowest BCUT2D eigenvalue weighted by molar-refractivity contribution is -0.126. The molecule has 0 bridgehead atoms. The summed E-state index contributed by atoms with van der Waals surface area (Å²) in [6, 6.07) is 18.4. The van der Waals surface area contributed by atoms with E-state index in [0.717, 1.165) is 24.9 Å². The molecule has 0 aliphatic carbocycles. The first-order chi connectivity index (χ1) is 13.1. The minimum absolute atomic E-state index is 0.0170. The average Bonchev–Trinajstić information content (AvgIpc) is 3.09. The summed E-state index contributed by atoms with van der Waals surface area (Å²) in [5, 5.41) is 3.09. The van der Waals surface area contributed by atoms with Crippen LogP contribution >= 0.6 is 0 Å². The van der Waals surface area contributed by atoms with Gasteiger partial charge in [0.25, 0.3) is 0 Å². The second kappa shape index (κ2) is 8.85. The Kier molecular flexibility index (Phi) is 6.28. The maximum Gasteiger partial charge on any atom is 0.227 e. The molecule has 1 N–H and O–H groups in total. The second-order valence-corrected chi connectivity index (χ2v) is 7.36. The lowest BCUT2D eigenvalue weighted by Gasteiger charge is -2.19. The summed E-state index contributed by atoms with van der Waals surface area (Å²) in [5.74, 6) is -0.268. The maximum absolute atomic E-state index is 12.6. The third-order valence-corrected chi connectivity index (χ3v) is 5.25. The van der Waals surface area contributed by atoms with E-state index in [2.05, 4.69) is 24.4 Å². The number of nitrogens with zero attached hydrogens (tertiary/aromatic N) is 1. The summed E-state index contributed by atoms with van der Waals surface area (Å²) in [6.45, 7) is 4.59. The van der Waals surface area contributed by atoms with Crippen LogP contribution in [0.3, 0.4) is 0 Å². The molecule has 4 nitrogen and oxygen atoms in total. The third-order valence-electron chi connectivity index (χ3n) is 5.25. The van der Waals surface area contributed by atoms with Crippen molar-refractivity contribution in [2.75, 3.05) is 11.4 Å². The molecule has 142 valence electrons. The van der Waals surface area contributed by atoms with Crippen molar-refractivity contribution in [3.63, 3.8) is 0 Å². The highest BCUT2D eigenvalue weighted by atomic mass is 16.2. The van der Waals surface area contributed by atoms with Crippen LogP contribution in [0.25, 0.3) is 0 Å². The van der Waals surface area contributed by atoms with Crippen molar-refractivity contribution < 1.29 is 9.59 Å². The lowest BCUT2D eigenvalue weighted by Crippen LogP contribution is -2.38. The minimum Gasteiger partial charge on any atom is -0.353 e. The van der Waals surface area contributed by atoms with E-state index in [4.69, 9.17) is 0 Å². The molecule has 0 saturated carbocycles. The molecule has 1 heterocycles. The van der Waals surface area contributed by atoms with Gasteiger partial charge in [0.1, 0.15) is 0 Å². The van der Waals surface area contributed by atoms with E-state index in [-0.39, 0.29) is 30.2 Å². The van der Waals surface area contributed by atoms with Gasteiger partial charge in [-0.15, -0.1) is 0 Å². The zero-order chi connectivity index (χ0) is 19.2. The van der Waals surface area contributed by atoms with Crippen LogP contribution in [-0.2, 0) is 22.4 Å². The summed E-state index contributed by atoms with van der Waals surface area (Å²) in [7, 11) is 0. The predicted octanol–water partition coefficient (Wildman–Crippen LogP) is 3.74. The van der Waals surface area contributed by atoms with Crippen molar-refractivity contribution in [3.8, 4) is 0 Å². The normalized spacial score (nSPS) is 17.8. The van der Waals surface area contributed by atoms with Crippen molar-refractivity contribution in [2.45, 2.75) is 45.6 Å². The molecule has 1 aliphatic rings. The number of nitrogens with one attached hydrogen (secondary N) is 1. The van der Waals surface area contributed by atoms with Gasteiger partial charge in [0.2, 0.25) is 11.8 Å². The van der Waals surface area contributed by atoms with Gasteiger partial charge in [-0.05, 0) is 49.4 Å². The number of hydrogen-bond acceptors (Lipinski definition) is 2. The lowest BCUT2D eigenvalue weighted by atomic mass is 10.0. The zero-order valence-corrected chi connectivity index (χ0v) is 16.2. The Balaban J connectivity index is 1.52. The van der Waals surface area contributed by atoms with Gasteiger partial charge >= 0.3 is 0 Å². The number of benzene rings is 2. The number of aryl methyl sites for hydroxylation is 2. The molecular weight excluding hydrogens is 336 g/mol. The van der Waals surface area contributed by atoms with Crippen LogP contribution in [-0.4, -0.2) is 24.4 Å². The molecule has 0 unspecified atom stereocenters. The topological polar surface area (TPSA) is 49.4 Å². The van der Waals surface area contributed by atoms with Gasteiger partial charge in [0, 0.05) is 24.7 Å². The smallest absolute Gasteiger partial charge is 0.227 e. The summed E-state index contributed by atoms with van der Waals surface area (Å²) in [4.78, 5) is 26.7. The summed E-state index contributed by atoms with van der Waals surface area (Å²) < 4.78 is 0. The standard InChI is InChI=1S/C23H28N2O2/c1-3-18-11-13-21(14-12-18)25-16-20(15-22(25)26)23(27)24-17(2)9-10-19-7-5-4-6-8-19/h4-8,11-14,17,20H,3,9-10,15-16H2,1-2H3,(H,24,27)/t17-,20-/m0/s1. The van der Waals surface area contributed by atoms with Gasteiger partial charge in [-0.25, -0.2) is 0 Å². The zero-order valence-electron chi connectivity index (χ0n) is 16.2. The van der Waals surface area contributed by atoms with Crippen LogP contribution < -0.4 is 10.2 Å². The molecular formula is C23H28N2O2. The minimum atomic E-state index is -0.275. The van der Waals surface area contributed by atoms with Crippen LogP contribution in [0.1, 0.15) is 37.8 Å². The average molecular weight is 364 g/mol.